The molecule has 0 saturated heterocycles. The number of ether oxygens (including phenoxy) is 1. The van der Waals surface area contributed by atoms with Crippen LogP contribution in [0.1, 0.15) is 5.56 Å². The Morgan fingerprint density at radius 1 is 1.36 bits per heavy atom. The molecule has 4 rings (SSSR count). The van der Waals surface area contributed by atoms with Crippen molar-refractivity contribution in [3.63, 3.8) is 0 Å². The maximum Gasteiger partial charge on any atom is 0.326 e. The largest absolute Gasteiger partial charge is 0.495 e. The highest BCUT2D eigenvalue weighted by Crippen LogP contribution is 2.34. The lowest BCUT2D eigenvalue weighted by atomic mass is 10.2. The monoisotopic (exact) mass is 416 g/mol. The summed E-state index contributed by atoms with van der Waals surface area (Å²) >= 11 is 7.17. The van der Waals surface area contributed by atoms with Crippen molar-refractivity contribution in [2.24, 2.45) is 0 Å². The summed E-state index contributed by atoms with van der Waals surface area (Å²) in [6, 6.07) is 8.66. The van der Waals surface area contributed by atoms with E-state index < -0.39 is 4.92 Å². The maximum atomic E-state index is 11.2. The highest BCUT2D eigenvalue weighted by atomic mass is 35.5. The van der Waals surface area contributed by atoms with E-state index in [9.17, 15) is 10.1 Å². The summed E-state index contributed by atoms with van der Waals surface area (Å²) in [5.74, 6) is 1.39. The Morgan fingerprint density at radius 2 is 2.21 bits per heavy atom. The molecule has 0 radical (unpaired) electrons. The Balaban J connectivity index is 1.71. The van der Waals surface area contributed by atoms with Crippen LogP contribution >= 0.6 is 22.9 Å². The van der Waals surface area contributed by atoms with E-state index in [-0.39, 0.29) is 5.00 Å². The van der Waals surface area contributed by atoms with E-state index in [1.54, 1.807) is 37.7 Å². The minimum atomic E-state index is -0.438. The van der Waals surface area contributed by atoms with Crippen LogP contribution in [0.3, 0.4) is 0 Å². The molecule has 3 aromatic heterocycles. The summed E-state index contributed by atoms with van der Waals surface area (Å²) in [4.78, 5) is 20.1. The topological polar surface area (TPSA) is 108 Å². The fourth-order valence-electron chi connectivity index (χ4n) is 2.62. The van der Waals surface area contributed by atoms with Crippen LogP contribution in [0.2, 0.25) is 5.02 Å². The van der Waals surface area contributed by atoms with Gasteiger partial charge in [-0.2, -0.15) is 15.1 Å². The number of aromatic nitrogens is 4. The molecule has 4 aromatic rings. The normalized spacial score (nSPS) is 10.9. The van der Waals surface area contributed by atoms with E-state index in [4.69, 9.17) is 16.3 Å². The van der Waals surface area contributed by atoms with Crippen LogP contribution in [0.5, 0.6) is 5.75 Å². The third-order valence-electron chi connectivity index (χ3n) is 3.93. The lowest BCUT2D eigenvalue weighted by Gasteiger charge is -2.10. The number of rotatable bonds is 6. The molecular formula is C17H13ClN6O3S. The second-order valence-corrected chi connectivity index (χ2v) is 7.12. The number of hydrogen-bond acceptors (Lipinski definition) is 8. The van der Waals surface area contributed by atoms with Crippen LogP contribution < -0.4 is 10.1 Å². The third kappa shape index (κ3) is 3.47. The first-order valence-corrected chi connectivity index (χ1v) is 9.27. The summed E-state index contributed by atoms with van der Waals surface area (Å²) in [6.45, 7) is 0.415. The number of fused-ring (bicyclic) bond motifs is 1. The maximum absolute atomic E-state index is 11.2. The average Bonchev–Trinajstić information content (AvgIpc) is 3.35. The fraction of sp³-hybridized carbons (Fsp3) is 0.118. The van der Waals surface area contributed by atoms with Gasteiger partial charge in [0.15, 0.2) is 0 Å². The molecule has 0 bridgehead atoms. The van der Waals surface area contributed by atoms with Crippen LogP contribution in [0, 0.1) is 10.1 Å². The molecule has 142 valence electrons. The molecule has 0 aliphatic heterocycles. The Kier molecular flexibility index (Phi) is 4.80. The Hall–Kier alpha value is -3.24. The van der Waals surface area contributed by atoms with Crippen LogP contribution in [0.25, 0.3) is 16.2 Å². The smallest absolute Gasteiger partial charge is 0.326 e. The predicted octanol–water partition coefficient (Wildman–Crippen LogP) is 4.06. The number of halogens is 1. The molecule has 0 atom stereocenters. The predicted molar refractivity (Wildman–Crippen MR) is 107 cm³/mol. The van der Waals surface area contributed by atoms with Crippen LogP contribution in [0.4, 0.5) is 10.8 Å². The van der Waals surface area contributed by atoms with Gasteiger partial charge in [0.2, 0.25) is 0 Å². The third-order valence-corrected chi connectivity index (χ3v) is 5.21. The number of hydrogen-bond donors (Lipinski definition) is 1. The number of thiophene rings is 1. The Bertz CT molecular complexity index is 1160. The second kappa shape index (κ2) is 7.41. The summed E-state index contributed by atoms with van der Waals surface area (Å²) < 4.78 is 6.66. The molecule has 0 fully saturated rings. The molecule has 0 saturated carbocycles. The van der Waals surface area contributed by atoms with Gasteiger partial charge in [0.25, 0.3) is 5.95 Å². The zero-order valence-corrected chi connectivity index (χ0v) is 16.1. The quantitative estimate of drug-likeness (QED) is 0.373. The lowest BCUT2D eigenvalue weighted by Crippen LogP contribution is -2.07. The van der Waals surface area contributed by atoms with Crippen molar-refractivity contribution in [2.75, 3.05) is 12.4 Å². The molecule has 9 nitrogen and oxygen atoms in total. The van der Waals surface area contributed by atoms with Crippen molar-refractivity contribution >= 4 is 44.0 Å². The van der Waals surface area contributed by atoms with Gasteiger partial charge in [0.1, 0.15) is 16.4 Å². The van der Waals surface area contributed by atoms with Gasteiger partial charge < -0.3 is 10.1 Å². The number of nitrogens with one attached hydrogen (secondary N) is 1. The second-order valence-electron chi connectivity index (χ2n) is 5.71. The minimum Gasteiger partial charge on any atom is -0.495 e. The Labute approximate surface area is 167 Å². The van der Waals surface area contributed by atoms with Gasteiger partial charge in [-0.25, -0.2) is 4.68 Å². The Morgan fingerprint density at radius 3 is 2.89 bits per heavy atom. The molecule has 28 heavy (non-hydrogen) atoms. The summed E-state index contributed by atoms with van der Waals surface area (Å²) in [6.07, 6.45) is 3.31. The van der Waals surface area contributed by atoms with Crippen molar-refractivity contribution in [1.82, 2.24) is 19.7 Å². The summed E-state index contributed by atoms with van der Waals surface area (Å²) in [7, 11) is 1.55. The zero-order chi connectivity index (χ0) is 19.7. The molecule has 0 aliphatic rings. The van der Waals surface area contributed by atoms with Crippen LogP contribution in [-0.2, 0) is 6.54 Å². The van der Waals surface area contributed by atoms with E-state index in [2.05, 4.69) is 20.4 Å². The van der Waals surface area contributed by atoms with Gasteiger partial charge in [-0.1, -0.05) is 17.7 Å². The molecule has 0 amide bonds. The number of nitrogens with zero attached hydrogens (tertiary/aromatic N) is 5. The summed E-state index contributed by atoms with van der Waals surface area (Å²) in [5, 5.41) is 19.6. The van der Waals surface area contributed by atoms with E-state index in [0.29, 0.717) is 39.3 Å². The van der Waals surface area contributed by atoms with Crippen molar-refractivity contribution in [3.8, 4) is 11.7 Å². The minimum absolute atomic E-state index is 0.00235. The highest BCUT2D eigenvalue weighted by molar-refractivity contribution is 7.21. The number of methoxy groups -OCH3 is 1. The van der Waals surface area contributed by atoms with Crippen molar-refractivity contribution in [1.29, 1.82) is 0 Å². The molecule has 3 heterocycles. The standard InChI is InChI=1S/C17H13ClN6O3S/c1-27-13-4-3-10(7-12(13)18)9-19-15-11-8-14(24(25)26)28-16(11)22-17(21-15)23-6-2-5-20-23/h2-8H,9H2,1H3,(H,19,21,22). The van der Waals surface area contributed by atoms with E-state index in [0.717, 1.165) is 16.9 Å². The molecule has 1 N–H and O–H groups in total. The SMILES string of the molecule is COc1ccc(CNc2nc(-n3cccn3)nc3sc([N+](=O)[O-])cc23)cc1Cl. The average molecular weight is 417 g/mol. The highest BCUT2D eigenvalue weighted by Gasteiger charge is 2.18. The molecule has 11 heteroatoms. The van der Waals surface area contributed by atoms with Crippen LogP contribution in [0.15, 0.2) is 42.7 Å². The number of anilines is 1. The van der Waals surface area contributed by atoms with Gasteiger partial charge in [-0.15, -0.1) is 0 Å². The van der Waals surface area contributed by atoms with Crippen molar-refractivity contribution in [2.45, 2.75) is 6.54 Å². The molecule has 0 aliphatic carbocycles. The van der Waals surface area contributed by atoms with Gasteiger partial charge in [-0.3, -0.25) is 10.1 Å². The number of nitro groups is 1. The molecular weight excluding hydrogens is 404 g/mol. The van der Waals surface area contributed by atoms with Crippen molar-refractivity contribution in [3.05, 3.63) is 63.4 Å². The van der Waals surface area contributed by atoms with Crippen LogP contribution in [-0.4, -0.2) is 31.8 Å². The van der Waals surface area contributed by atoms with Gasteiger partial charge >= 0.3 is 5.00 Å². The fourth-order valence-corrected chi connectivity index (χ4v) is 3.74. The summed E-state index contributed by atoms with van der Waals surface area (Å²) in [5.41, 5.74) is 0.905. The molecule has 0 spiro atoms. The van der Waals surface area contributed by atoms with E-state index in [1.807, 2.05) is 6.07 Å². The molecule has 0 unspecified atom stereocenters. The van der Waals surface area contributed by atoms with Gasteiger partial charge in [0.05, 0.1) is 22.4 Å². The van der Waals surface area contributed by atoms with Crippen molar-refractivity contribution < 1.29 is 9.66 Å². The van der Waals surface area contributed by atoms with E-state index in [1.165, 1.54) is 10.7 Å². The van der Waals surface area contributed by atoms with Gasteiger partial charge in [-0.05, 0) is 35.1 Å². The number of benzene rings is 1. The first-order chi connectivity index (χ1) is 13.5. The van der Waals surface area contributed by atoms with E-state index >= 15 is 0 Å². The lowest BCUT2D eigenvalue weighted by molar-refractivity contribution is -0.380. The molecule has 1 aromatic carbocycles. The first kappa shape index (κ1) is 18.1. The van der Waals surface area contributed by atoms with Gasteiger partial charge in [0, 0.05) is 25.0 Å². The zero-order valence-electron chi connectivity index (χ0n) is 14.5. The first-order valence-electron chi connectivity index (χ1n) is 8.07.